The second kappa shape index (κ2) is 39.5. The van der Waals surface area contributed by atoms with Gasteiger partial charge in [-0.05, 0) is 265 Å². The third-order valence-electron chi connectivity index (χ3n) is 22.5. The fourth-order valence-electron chi connectivity index (χ4n) is 14.5. The van der Waals surface area contributed by atoms with E-state index in [-0.39, 0.29) is 10.8 Å². The van der Waals surface area contributed by atoms with Crippen LogP contribution in [0.25, 0.3) is 21.9 Å². The number of rotatable bonds is 22. The summed E-state index contributed by atoms with van der Waals surface area (Å²) in [5.41, 5.74) is 30.2. The standard InChI is InChI=1S/C30H31N.C30H39N.C26H25NO.C24H27N/c1-5-24(4)25-10-12-26(13-11-25)27-14-20-30(21-15-27)31(28-16-6-22(2)7-17-28)29-18-8-23(3)9-19-29;1-9-22(2)23-10-16-26(17-11-23)31(27-18-12-24(13-19-27)29(3,4)5)28-20-14-25(15-21-28)30(6,7)8;1-20(19-28-2)21-15-17-24(18-16-21)27(23-11-4-3-5-12-23)26-14-8-10-22-9-6-7-13-25(22)26;1-5-20(4)21-10-16-24(17-11-21)25(22-12-6-18(2)7-13-22)23-14-8-19(3)9-15-23/h6-21,24H,5H2,1-4H3;10-22H,9H2,1-8H3;3-18,20H,19H2,1-2H3;6-17,20H,5H2,1-4H3. The molecule has 0 aliphatic carbocycles. The Morgan fingerprint density at radius 2 is 0.496 bits per heavy atom. The van der Waals surface area contributed by atoms with Crippen LogP contribution in [0.15, 0.2) is 340 Å². The van der Waals surface area contributed by atoms with Gasteiger partial charge in [0.2, 0.25) is 0 Å². The maximum atomic E-state index is 5.31. The molecule has 115 heavy (non-hydrogen) atoms. The van der Waals surface area contributed by atoms with Gasteiger partial charge in [-0.15, -0.1) is 0 Å². The van der Waals surface area contributed by atoms with Crippen molar-refractivity contribution >= 4 is 79.0 Å². The molecule has 5 heteroatoms. The first-order valence-electron chi connectivity index (χ1n) is 41.6. The van der Waals surface area contributed by atoms with E-state index in [1.165, 1.54) is 142 Å². The third-order valence-corrected chi connectivity index (χ3v) is 22.5. The zero-order chi connectivity index (χ0) is 81.8. The van der Waals surface area contributed by atoms with Crippen LogP contribution in [-0.2, 0) is 15.6 Å². The molecule has 0 saturated carbocycles. The van der Waals surface area contributed by atoms with Crippen LogP contribution in [0.4, 0.5) is 68.2 Å². The summed E-state index contributed by atoms with van der Waals surface area (Å²) in [6.45, 7) is 38.6. The number of nitrogens with zero attached hydrogens (tertiary/aromatic N) is 4. The highest BCUT2D eigenvalue weighted by Crippen LogP contribution is 2.43. The van der Waals surface area contributed by atoms with E-state index in [1.54, 1.807) is 7.11 Å². The molecule has 4 atom stereocenters. The SMILES string of the molecule is CCC(C)c1ccc(-c2ccc(N(c3ccc(C)cc3)c3ccc(C)cc3)cc2)cc1.CCC(C)c1ccc(N(c2ccc(C(C)(C)C)cc2)c2ccc(C(C)(C)C)cc2)cc1.CCC(C)c1ccc(N(c2ccc(C)cc2)c2ccc(C)cc2)cc1.COCC(C)c1ccc(N(c2ccccc2)c2cccc3ccccc23)cc1. The predicted octanol–water partition coefficient (Wildman–Crippen LogP) is 32.6. The van der Waals surface area contributed by atoms with E-state index < -0.39 is 0 Å². The number of ether oxygens (including phenoxy) is 1. The highest BCUT2D eigenvalue weighted by atomic mass is 16.5. The highest BCUT2D eigenvalue weighted by Gasteiger charge is 2.22. The molecule has 14 aromatic carbocycles. The summed E-state index contributed by atoms with van der Waals surface area (Å²) in [6, 6.07) is 123. The van der Waals surface area contributed by atoms with E-state index in [0.29, 0.717) is 23.7 Å². The van der Waals surface area contributed by atoms with Gasteiger partial charge in [0, 0.05) is 81.0 Å². The molecule has 0 spiro atoms. The lowest BCUT2D eigenvalue weighted by atomic mass is 9.86. The van der Waals surface area contributed by atoms with E-state index in [9.17, 15) is 0 Å². The minimum Gasteiger partial charge on any atom is -0.384 e. The zero-order valence-electron chi connectivity index (χ0n) is 71.7. The van der Waals surface area contributed by atoms with E-state index in [4.69, 9.17) is 4.74 Å². The van der Waals surface area contributed by atoms with Crippen molar-refractivity contribution in [2.75, 3.05) is 33.3 Å². The smallest absolute Gasteiger partial charge is 0.0540 e. The summed E-state index contributed by atoms with van der Waals surface area (Å²) >= 11 is 0. The molecule has 4 unspecified atom stereocenters. The van der Waals surface area contributed by atoms with Gasteiger partial charge in [0.05, 0.1) is 12.3 Å². The molecule has 14 aromatic rings. The van der Waals surface area contributed by atoms with Gasteiger partial charge >= 0.3 is 0 Å². The molecule has 0 aliphatic rings. The molecule has 0 N–H and O–H groups in total. The van der Waals surface area contributed by atoms with Crippen LogP contribution in [0.3, 0.4) is 0 Å². The van der Waals surface area contributed by atoms with Crippen molar-refractivity contribution < 1.29 is 4.74 Å². The Morgan fingerprint density at radius 3 is 0.809 bits per heavy atom. The van der Waals surface area contributed by atoms with Gasteiger partial charge in [-0.2, -0.15) is 0 Å². The topological polar surface area (TPSA) is 22.2 Å². The highest BCUT2D eigenvalue weighted by molar-refractivity contribution is 5.99. The second-order valence-electron chi connectivity index (χ2n) is 33.3. The lowest BCUT2D eigenvalue weighted by Gasteiger charge is -2.28. The summed E-state index contributed by atoms with van der Waals surface area (Å²) in [5.74, 6) is 2.16. The minimum absolute atomic E-state index is 0.148. The fraction of sp³-hybridized carbons (Fsp3) is 0.255. The van der Waals surface area contributed by atoms with Crippen LogP contribution in [-0.4, -0.2) is 13.7 Å². The van der Waals surface area contributed by atoms with Crippen LogP contribution in [0, 0.1) is 27.7 Å². The molecule has 0 aliphatic heterocycles. The molecule has 0 aromatic heterocycles. The Kier molecular flexibility index (Phi) is 29.0. The Morgan fingerprint density at radius 1 is 0.252 bits per heavy atom. The van der Waals surface area contributed by atoms with Gasteiger partial charge < -0.3 is 24.3 Å². The minimum atomic E-state index is 0.148. The number of fused-ring (bicyclic) bond motifs is 1. The maximum absolute atomic E-state index is 5.31. The monoisotopic (exact) mass is 1510 g/mol. The van der Waals surface area contributed by atoms with Crippen molar-refractivity contribution in [3.05, 3.63) is 395 Å². The number of hydrogen-bond donors (Lipinski definition) is 0. The number of anilines is 12. The van der Waals surface area contributed by atoms with E-state index >= 15 is 0 Å². The lowest BCUT2D eigenvalue weighted by Crippen LogP contribution is -2.14. The zero-order valence-corrected chi connectivity index (χ0v) is 71.7. The summed E-state index contributed by atoms with van der Waals surface area (Å²) in [4.78, 5) is 9.32. The van der Waals surface area contributed by atoms with Crippen molar-refractivity contribution in [3.8, 4) is 11.1 Å². The van der Waals surface area contributed by atoms with Gasteiger partial charge in [-0.3, -0.25) is 0 Å². The first-order chi connectivity index (χ1) is 55.4. The average Bonchev–Trinajstić information content (AvgIpc) is 0.764. The number of aryl methyl sites for hydroxylation is 4. The van der Waals surface area contributed by atoms with Gasteiger partial charge in [0.1, 0.15) is 0 Å². The summed E-state index contributed by atoms with van der Waals surface area (Å²) < 4.78 is 5.31. The molecule has 0 bridgehead atoms. The number of methoxy groups -OCH3 is 1. The molecular weight excluding hydrogens is 1390 g/mol. The predicted molar refractivity (Wildman–Crippen MR) is 500 cm³/mol. The van der Waals surface area contributed by atoms with Crippen LogP contribution in [0.2, 0.25) is 0 Å². The molecule has 0 fully saturated rings. The summed E-state index contributed by atoms with van der Waals surface area (Å²) in [6.07, 6.45) is 3.49. The van der Waals surface area contributed by atoms with Crippen LogP contribution in [0.1, 0.15) is 189 Å². The molecule has 0 radical (unpaired) electrons. The van der Waals surface area contributed by atoms with Gasteiger partial charge in [-0.1, -0.05) is 312 Å². The molecule has 588 valence electrons. The molecule has 14 rings (SSSR count). The summed E-state index contributed by atoms with van der Waals surface area (Å²) in [5, 5.41) is 2.48. The Labute approximate surface area is 690 Å². The Balaban J connectivity index is 0.000000151. The molecule has 0 saturated heterocycles. The molecule has 5 nitrogen and oxygen atoms in total. The van der Waals surface area contributed by atoms with E-state index in [0.717, 1.165) is 30.1 Å². The quantitative estimate of drug-likeness (QED) is 0.0673. The van der Waals surface area contributed by atoms with Crippen molar-refractivity contribution in [3.63, 3.8) is 0 Å². The van der Waals surface area contributed by atoms with E-state index in [1.807, 2.05) is 0 Å². The van der Waals surface area contributed by atoms with Crippen LogP contribution < -0.4 is 19.6 Å². The molecule has 0 amide bonds. The number of para-hydroxylation sites is 1. The fourth-order valence-corrected chi connectivity index (χ4v) is 14.5. The first-order valence-corrected chi connectivity index (χ1v) is 41.6. The Bertz CT molecular complexity index is 5100. The van der Waals surface area contributed by atoms with Gasteiger partial charge in [0.25, 0.3) is 0 Å². The maximum Gasteiger partial charge on any atom is 0.0540 e. The van der Waals surface area contributed by atoms with Crippen LogP contribution >= 0.6 is 0 Å². The summed E-state index contributed by atoms with van der Waals surface area (Å²) in [7, 11) is 1.75. The third kappa shape index (κ3) is 22.1. The number of hydrogen-bond acceptors (Lipinski definition) is 5. The lowest BCUT2D eigenvalue weighted by molar-refractivity contribution is 0.184. The Hall–Kier alpha value is -11.5. The molecular formula is C110H122N4O. The van der Waals surface area contributed by atoms with Crippen LogP contribution in [0.5, 0.6) is 0 Å². The normalized spacial score (nSPS) is 12.3. The largest absolute Gasteiger partial charge is 0.384 e. The molecule has 0 heterocycles. The number of benzene rings is 14. The second-order valence-corrected chi connectivity index (χ2v) is 33.3. The average molecular weight is 1520 g/mol. The van der Waals surface area contributed by atoms with Crippen molar-refractivity contribution in [2.45, 2.75) is 171 Å². The first kappa shape index (κ1) is 84.4. The van der Waals surface area contributed by atoms with Crippen molar-refractivity contribution in [2.24, 2.45) is 0 Å². The van der Waals surface area contributed by atoms with Crippen molar-refractivity contribution in [1.29, 1.82) is 0 Å². The van der Waals surface area contributed by atoms with Gasteiger partial charge in [0.15, 0.2) is 0 Å². The van der Waals surface area contributed by atoms with Crippen molar-refractivity contribution in [1.82, 2.24) is 0 Å². The van der Waals surface area contributed by atoms with Gasteiger partial charge in [-0.25, -0.2) is 0 Å². The van der Waals surface area contributed by atoms with E-state index in [2.05, 4.69) is 477 Å².